The van der Waals surface area contributed by atoms with Crippen molar-refractivity contribution in [2.45, 2.75) is 37.8 Å². The van der Waals surface area contributed by atoms with Crippen LogP contribution in [0.5, 0.6) is 0 Å². The molecule has 2 atom stereocenters. The Balaban J connectivity index is 1.94. The molecule has 2 nitrogen and oxygen atoms in total. The molecular formula is C14H18F2N2. The van der Waals surface area contributed by atoms with Crippen molar-refractivity contribution in [1.82, 2.24) is 5.32 Å². The molecule has 1 aromatic carbocycles. The van der Waals surface area contributed by atoms with Crippen molar-refractivity contribution in [3.8, 4) is 0 Å². The van der Waals surface area contributed by atoms with Gasteiger partial charge in [-0.25, -0.2) is 8.78 Å². The normalized spacial score (nSPS) is 28.0. The Labute approximate surface area is 106 Å². The predicted octanol–water partition coefficient (Wildman–Crippen LogP) is 2.69. The smallest absolute Gasteiger partial charge is 0.149 e. The first-order valence-electron chi connectivity index (χ1n) is 6.71. The first-order valence-corrected chi connectivity index (χ1v) is 6.71. The molecule has 98 valence electrons. The van der Waals surface area contributed by atoms with Gasteiger partial charge in [0.15, 0.2) is 0 Å². The zero-order valence-electron chi connectivity index (χ0n) is 10.3. The molecule has 0 radical (unpaired) electrons. The summed E-state index contributed by atoms with van der Waals surface area (Å²) in [5.41, 5.74) is 0.163. The zero-order chi connectivity index (χ0) is 12.5. The molecule has 2 aliphatic rings. The topological polar surface area (TPSA) is 15.3 Å². The Kier molecular flexibility index (Phi) is 3.20. The first-order chi connectivity index (χ1) is 8.77. The third-order valence-electron chi connectivity index (χ3n) is 4.11. The summed E-state index contributed by atoms with van der Waals surface area (Å²) in [6, 6.07) is 4.73. The molecule has 1 aliphatic heterocycles. The molecule has 0 aromatic heterocycles. The molecule has 18 heavy (non-hydrogen) atoms. The lowest BCUT2D eigenvalue weighted by atomic mass is 9.87. The van der Waals surface area contributed by atoms with Crippen LogP contribution in [-0.2, 0) is 0 Å². The van der Waals surface area contributed by atoms with Crippen LogP contribution in [0, 0.1) is 11.6 Å². The molecule has 1 N–H and O–H groups in total. The molecule has 1 aliphatic carbocycles. The molecule has 4 heteroatoms. The fourth-order valence-electron chi connectivity index (χ4n) is 3.30. The number of piperazine rings is 1. The molecule has 1 saturated heterocycles. The van der Waals surface area contributed by atoms with E-state index in [1.807, 2.05) is 4.90 Å². The van der Waals surface area contributed by atoms with Crippen LogP contribution >= 0.6 is 0 Å². The van der Waals surface area contributed by atoms with Gasteiger partial charge in [-0.1, -0.05) is 18.9 Å². The first kappa shape index (κ1) is 11.9. The zero-order valence-corrected chi connectivity index (χ0v) is 10.3. The Morgan fingerprint density at radius 2 is 1.83 bits per heavy atom. The number of nitrogens with one attached hydrogen (secondary N) is 1. The number of hydrogen-bond donors (Lipinski definition) is 1. The fraction of sp³-hybridized carbons (Fsp3) is 0.571. The van der Waals surface area contributed by atoms with E-state index in [9.17, 15) is 8.78 Å². The summed E-state index contributed by atoms with van der Waals surface area (Å²) < 4.78 is 27.8. The Hall–Kier alpha value is -1.16. The maximum atomic E-state index is 13.9. The molecule has 0 spiro atoms. The number of benzene rings is 1. The van der Waals surface area contributed by atoms with E-state index >= 15 is 0 Å². The van der Waals surface area contributed by atoms with E-state index < -0.39 is 11.6 Å². The number of anilines is 1. The number of hydrogen-bond acceptors (Lipinski definition) is 2. The highest BCUT2D eigenvalue weighted by atomic mass is 19.1. The molecule has 0 bridgehead atoms. The standard InChI is InChI=1S/C14H18F2N2/c15-10-4-3-5-11(16)14(10)18-9-8-17-12-6-1-2-7-13(12)18/h3-5,12-13,17H,1-2,6-9H2/t12-,13-/m0/s1. The number of nitrogens with zero attached hydrogens (tertiary/aromatic N) is 1. The molecule has 2 fully saturated rings. The molecule has 3 rings (SSSR count). The van der Waals surface area contributed by atoms with Gasteiger partial charge in [0, 0.05) is 25.2 Å². The van der Waals surface area contributed by atoms with Crippen LogP contribution in [0.15, 0.2) is 18.2 Å². The number of para-hydroxylation sites is 1. The van der Waals surface area contributed by atoms with E-state index in [2.05, 4.69) is 5.32 Å². The van der Waals surface area contributed by atoms with Crippen LogP contribution in [0.3, 0.4) is 0 Å². The quantitative estimate of drug-likeness (QED) is 0.826. The molecule has 1 saturated carbocycles. The predicted molar refractivity (Wildman–Crippen MR) is 67.8 cm³/mol. The molecule has 1 aromatic rings. The summed E-state index contributed by atoms with van der Waals surface area (Å²) >= 11 is 0. The van der Waals surface area contributed by atoms with E-state index in [0.29, 0.717) is 12.6 Å². The number of rotatable bonds is 1. The van der Waals surface area contributed by atoms with Crippen molar-refractivity contribution < 1.29 is 8.78 Å². The van der Waals surface area contributed by atoms with E-state index in [-0.39, 0.29) is 11.7 Å². The Morgan fingerprint density at radius 3 is 2.61 bits per heavy atom. The van der Waals surface area contributed by atoms with Gasteiger partial charge in [0.2, 0.25) is 0 Å². The lowest BCUT2D eigenvalue weighted by Gasteiger charge is -2.46. The van der Waals surface area contributed by atoms with Crippen LogP contribution in [0.25, 0.3) is 0 Å². The number of fused-ring (bicyclic) bond motifs is 1. The van der Waals surface area contributed by atoms with Crippen LogP contribution < -0.4 is 10.2 Å². The van der Waals surface area contributed by atoms with Gasteiger partial charge in [0.1, 0.15) is 17.3 Å². The van der Waals surface area contributed by atoms with Gasteiger partial charge in [-0.3, -0.25) is 0 Å². The maximum absolute atomic E-state index is 13.9. The van der Waals surface area contributed by atoms with Crippen LogP contribution in [0.1, 0.15) is 25.7 Å². The van der Waals surface area contributed by atoms with Crippen molar-refractivity contribution in [1.29, 1.82) is 0 Å². The van der Waals surface area contributed by atoms with E-state index in [4.69, 9.17) is 0 Å². The lowest BCUT2D eigenvalue weighted by molar-refractivity contribution is 0.281. The van der Waals surface area contributed by atoms with Gasteiger partial charge in [-0.05, 0) is 25.0 Å². The number of halogens is 2. The summed E-state index contributed by atoms with van der Waals surface area (Å²) in [5.74, 6) is -0.887. The molecule has 0 amide bonds. The lowest BCUT2D eigenvalue weighted by Crippen LogP contribution is -2.59. The van der Waals surface area contributed by atoms with Crippen LogP contribution in [0.2, 0.25) is 0 Å². The van der Waals surface area contributed by atoms with Gasteiger partial charge in [-0.2, -0.15) is 0 Å². The minimum atomic E-state index is -0.443. The van der Waals surface area contributed by atoms with E-state index in [0.717, 1.165) is 25.8 Å². The van der Waals surface area contributed by atoms with Gasteiger partial charge in [0.05, 0.1) is 0 Å². The highest BCUT2D eigenvalue weighted by molar-refractivity contribution is 5.51. The second-order valence-corrected chi connectivity index (χ2v) is 5.18. The Morgan fingerprint density at radius 1 is 1.11 bits per heavy atom. The van der Waals surface area contributed by atoms with Crippen molar-refractivity contribution in [2.24, 2.45) is 0 Å². The summed E-state index contributed by atoms with van der Waals surface area (Å²) in [6.45, 7) is 1.48. The van der Waals surface area contributed by atoms with Crippen LogP contribution in [-0.4, -0.2) is 25.2 Å². The summed E-state index contributed by atoms with van der Waals surface area (Å²) in [7, 11) is 0. The van der Waals surface area contributed by atoms with Crippen molar-refractivity contribution in [3.63, 3.8) is 0 Å². The van der Waals surface area contributed by atoms with Crippen molar-refractivity contribution in [2.75, 3.05) is 18.0 Å². The molecule has 0 unspecified atom stereocenters. The minimum Gasteiger partial charge on any atom is -0.361 e. The molecular weight excluding hydrogens is 234 g/mol. The second-order valence-electron chi connectivity index (χ2n) is 5.18. The Bertz CT molecular complexity index is 414. The third kappa shape index (κ3) is 1.99. The fourth-order valence-corrected chi connectivity index (χ4v) is 3.30. The van der Waals surface area contributed by atoms with Crippen molar-refractivity contribution >= 4 is 5.69 Å². The largest absolute Gasteiger partial charge is 0.361 e. The summed E-state index contributed by atoms with van der Waals surface area (Å²) in [4.78, 5) is 1.94. The summed E-state index contributed by atoms with van der Waals surface area (Å²) in [5, 5.41) is 3.47. The average molecular weight is 252 g/mol. The van der Waals surface area contributed by atoms with Crippen molar-refractivity contribution in [3.05, 3.63) is 29.8 Å². The SMILES string of the molecule is Fc1cccc(F)c1N1CCN[C@H]2CCCC[C@@H]21. The second kappa shape index (κ2) is 4.84. The van der Waals surface area contributed by atoms with Crippen LogP contribution in [0.4, 0.5) is 14.5 Å². The maximum Gasteiger partial charge on any atom is 0.149 e. The highest BCUT2D eigenvalue weighted by Gasteiger charge is 2.35. The van der Waals surface area contributed by atoms with Gasteiger partial charge >= 0.3 is 0 Å². The molecule has 1 heterocycles. The van der Waals surface area contributed by atoms with E-state index in [1.54, 1.807) is 0 Å². The van der Waals surface area contributed by atoms with E-state index in [1.165, 1.54) is 24.6 Å². The highest BCUT2D eigenvalue weighted by Crippen LogP contribution is 2.32. The average Bonchev–Trinajstić information content (AvgIpc) is 2.39. The summed E-state index contributed by atoms with van der Waals surface area (Å²) in [6.07, 6.45) is 4.49. The van der Waals surface area contributed by atoms with Gasteiger partial charge < -0.3 is 10.2 Å². The minimum absolute atomic E-state index is 0.163. The van der Waals surface area contributed by atoms with Gasteiger partial charge in [0.25, 0.3) is 0 Å². The van der Waals surface area contributed by atoms with Gasteiger partial charge in [-0.15, -0.1) is 0 Å². The third-order valence-corrected chi connectivity index (χ3v) is 4.11. The monoisotopic (exact) mass is 252 g/mol.